The van der Waals surface area contributed by atoms with Gasteiger partial charge in [0.25, 0.3) is 0 Å². The number of nitrogens with one attached hydrogen (secondary N) is 1. The number of urea groups is 1. The van der Waals surface area contributed by atoms with Gasteiger partial charge in [0.15, 0.2) is 0 Å². The molecule has 0 aromatic carbocycles. The monoisotopic (exact) mass is 199 g/mol. The third-order valence-electron chi connectivity index (χ3n) is 3.12. The van der Waals surface area contributed by atoms with Gasteiger partial charge in [0.1, 0.15) is 0 Å². The van der Waals surface area contributed by atoms with Gasteiger partial charge in [0.2, 0.25) is 0 Å². The Morgan fingerprint density at radius 2 is 2.00 bits per heavy atom. The van der Waals surface area contributed by atoms with Crippen molar-refractivity contribution in [2.24, 2.45) is 5.73 Å². The first-order valence-corrected chi connectivity index (χ1v) is 5.44. The molecule has 0 heterocycles. The van der Waals surface area contributed by atoms with E-state index >= 15 is 0 Å². The second-order valence-electron chi connectivity index (χ2n) is 3.94. The lowest BCUT2D eigenvalue weighted by Crippen LogP contribution is -2.60. The number of carbonyl (C=O) groups is 1. The molecule has 82 valence electrons. The van der Waals surface area contributed by atoms with E-state index in [1.165, 1.54) is 6.42 Å². The maximum absolute atomic E-state index is 11.7. The van der Waals surface area contributed by atoms with Gasteiger partial charge in [-0.3, -0.25) is 0 Å². The molecule has 1 saturated carbocycles. The van der Waals surface area contributed by atoms with Gasteiger partial charge in [0.05, 0.1) is 5.54 Å². The Bertz CT molecular complexity index is 192. The zero-order valence-corrected chi connectivity index (χ0v) is 9.18. The van der Waals surface area contributed by atoms with Gasteiger partial charge >= 0.3 is 6.03 Å². The van der Waals surface area contributed by atoms with Crippen LogP contribution in [0.1, 0.15) is 33.1 Å². The molecule has 1 aliphatic carbocycles. The van der Waals surface area contributed by atoms with Gasteiger partial charge in [-0.1, -0.05) is 0 Å². The second-order valence-corrected chi connectivity index (χ2v) is 3.94. The predicted octanol–water partition coefficient (Wildman–Crippen LogP) is 0.919. The minimum atomic E-state index is -0.0975. The summed E-state index contributed by atoms with van der Waals surface area (Å²) in [6.07, 6.45) is 3.22. The van der Waals surface area contributed by atoms with Crippen molar-refractivity contribution in [3.63, 3.8) is 0 Å². The van der Waals surface area contributed by atoms with Crippen LogP contribution in [0, 0.1) is 0 Å². The Hall–Kier alpha value is -0.770. The highest BCUT2D eigenvalue weighted by Gasteiger charge is 2.37. The summed E-state index contributed by atoms with van der Waals surface area (Å²) in [5.41, 5.74) is 5.57. The molecule has 0 unspecified atom stereocenters. The van der Waals surface area contributed by atoms with Crippen LogP contribution in [-0.2, 0) is 0 Å². The number of hydrogen-bond acceptors (Lipinski definition) is 2. The Morgan fingerprint density at radius 1 is 1.43 bits per heavy atom. The first-order valence-electron chi connectivity index (χ1n) is 5.44. The fourth-order valence-electron chi connectivity index (χ4n) is 1.80. The van der Waals surface area contributed by atoms with E-state index in [-0.39, 0.29) is 11.6 Å². The normalized spacial score (nSPS) is 18.5. The quantitative estimate of drug-likeness (QED) is 0.707. The average molecular weight is 199 g/mol. The average Bonchev–Trinajstić information content (AvgIpc) is 2.13. The largest absolute Gasteiger partial charge is 0.331 e. The zero-order valence-electron chi connectivity index (χ0n) is 9.18. The van der Waals surface area contributed by atoms with Crippen molar-refractivity contribution >= 4 is 6.03 Å². The number of amides is 2. The van der Waals surface area contributed by atoms with Crippen LogP contribution in [0.4, 0.5) is 4.79 Å². The third kappa shape index (κ3) is 2.18. The lowest BCUT2D eigenvalue weighted by molar-refractivity contribution is 0.157. The molecule has 0 aromatic rings. The number of hydrogen-bond donors (Lipinski definition) is 2. The molecular weight excluding hydrogens is 178 g/mol. The first kappa shape index (κ1) is 11.3. The van der Waals surface area contributed by atoms with Crippen molar-refractivity contribution in [1.82, 2.24) is 10.2 Å². The summed E-state index contributed by atoms with van der Waals surface area (Å²) in [5, 5.41) is 3.04. The van der Waals surface area contributed by atoms with Gasteiger partial charge in [-0.2, -0.15) is 0 Å². The Kier molecular flexibility index (Phi) is 3.75. The van der Waals surface area contributed by atoms with Crippen LogP contribution < -0.4 is 11.1 Å². The van der Waals surface area contributed by atoms with Gasteiger partial charge in [-0.25, -0.2) is 4.79 Å². The highest BCUT2D eigenvalue weighted by molar-refractivity contribution is 5.75. The SMILES string of the molecule is CCN(CC)C(=O)NC1(CN)CCC1. The Balaban J connectivity index is 2.46. The van der Waals surface area contributed by atoms with E-state index in [2.05, 4.69) is 5.32 Å². The predicted molar refractivity (Wildman–Crippen MR) is 57.1 cm³/mol. The van der Waals surface area contributed by atoms with Crippen molar-refractivity contribution in [2.75, 3.05) is 19.6 Å². The van der Waals surface area contributed by atoms with Crippen LogP contribution in [0.25, 0.3) is 0 Å². The summed E-state index contributed by atoms with van der Waals surface area (Å²) >= 11 is 0. The molecule has 0 aliphatic heterocycles. The van der Waals surface area contributed by atoms with Gasteiger partial charge in [-0.15, -0.1) is 0 Å². The van der Waals surface area contributed by atoms with E-state index in [1.54, 1.807) is 4.90 Å². The van der Waals surface area contributed by atoms with Crippen molar-refractivity contribution < 1.29 is 4.79 Å². The fraction of sp³-hybridized carbons (Fsp3) is 0.900. The van der Waals surface area contributed by atoms with Gasteiger partial charge in [-0.05, 0) is 33.1 Å². The maximum atomic E-state index is 11.7. The number of nitrogens with two attached hydrogens (primary N) is 1. The van der Waals surface area contributed by atoms with E-state index < -0.39 is 0 Å². The summed E-state index contributed by atoms with van der Waals surface area (Å²) < 4.78 is 0. The van der Waals surface area contributed by atoms with E-state index in [9.17, 15) is 4.79 Å². The van der Waals surface area contributed by atoms with Gasteiger partial charge < -0.3 is 16.0 Å². The number of nitrogens with zero attached hydrogens (tertiary/aromatic N) is 1. The van der Waals surface area contributed by atoms with Gasteiger partial charge in [0, 0.05) is 19.6 Å². The van der Waals surface area contributed by atoms with Crippen molar-refractivity contribution in [3.05, 3.63) is 0 Å². The summed E-state index contributed by atoms with van der Waals surface area (Å²) in [4.78, 5) is 13.5. The Morgan fingerprint density at radius 3 is 2.29 bits per heavy atom. The molecule has 4 heteroatoms. The summed E-state index contributed by atoms with van der Waals surface area (Å²) in [7, 11) is 0. The minimum absolute atomic E-state index is 0.0279. The highest BCUT2D eigenvalue weighted by Crippen LogP contribution is 2.30. The Labute approximate surface area is 85.8 Å². The molecule has 2 amide bonds. The molecule has 0 radical (unpaired) electrons. The van der Waals surface area contributed by atoms with Crippen LogP contribution in [0.2, 0.25) is 0 Å². The van der Waals surface area contributed by atoms with Crippen LogP contribution in [-0.4, -0.2) is 36.1 Å². The van der Waals surface area contributed by atoms with Crippen molar-refractivity contribution in [1.29, 1.82) is 0 Å². The van der Waals surface area contributed by atoms with Crippen LogP contribution in [0.15, 0.2) is 0 Å². The van der Waals surface area contributed by atoms with E-state index in [4.69, 9.17) is 5.73 Å². The maximum Gasteiger partial charge on any atom is 0.317 e. The molecule has 0 saturated heterocycles. The molecule has 1 rings (SSSR count). The van der Waals surface area contributed by atoms with Crippen LogP contribution in [0.5, 0.6) is 0 Å². The van der Waals surface area contributed by atoms with Crippen molar-refractivity contribution in [2.45, 2.75) is 38.6 Å². The first-order chi connectivity index (χ1) is 6.67. The molecule has 0 bridgehead atoms. The molecule has 14 heavy (non-hydrogen) atoms. The van der Waals surface area contributed by atoms with E-state index in [0.29, 0.717) is 6.54 Å². The molecular formula is C10H21N3O. The summed E-state index contributed by atoms with van der Waals surface area (Å²) in [6.45, 7) is 6.03. The topological polar surface area (TPSA) is 58.4 Å². The molecule has 1 fully saturated rings. The molecule has 1 aliphatic rings. The number of rotatable bonds is 4. The zero-order chi connectivity index (χ0) is 10.6. The van der Waals surface area contributed by atoms with Crippen molar-refractivity contribution in [3.8, 4) is 0 Å². The third-order valence-corrected chi connectivity index (χ3v) is 3.12. The van der Waals surface area contributed by atoms with Crippen LogP contribution in [0.3, 0.4) is 0 Å². The lowest BCUT2D eigenvalue weighted by atomic mass is 9.77. The molecule has 3 N–H and O–H groups in total. The minimum Gasteiger partial charge on any atom is -0.331 e. The van der Waals surface area contributed by atoms with E-state index in [1.807, 2.05) is 13.8 Å². The summed E-state index contributed by atoms with van der Waals surface area (Å²) in [6, 6.07) is 0.0279. The molecule has 0 atom stereocenters. The fourth-order valence-corrected chi connectivity index (χ4v) is 1.80. The molecule has 4 nitrogen and oxygen atoms in total. The summed E-state index contributed by atoms with van der Waals surface area (Å²) in [5.74, 6) is 0. The highest BCUT2D eigenvalue weighted by atomic mass is 16.2. The standard InChI is InChI=1S/C10H21N3O/c1-3-13(4-2)9(14)12-10(8-11)6-5-7-10/h3-8,11H2,1-2H3,(H,12,14). The smallest absolute Gasteiger partial charge is 0.317 e. The lowest BCUT2D eigenvalue weighted by Gasteiger charge is -2.42. The molecule has 0 aromatic heterocycles. The molecule has 0 spiro atoms. The second kappa shape index (κ2) is 4.64. The van der Waals surface area contributed by atoms with E-state index in [0.717, 1.165) is 25.9 Å². The van der Waals surface area contributed by atoms with Crippen LogP contribution >= 0.6 is 0 Å². The number of carbonyl (C=O) groups excluding carboxylic acids is 1.